The third-order valence-corrected chi connectivity index (χ3v) is 1.81. The molecule has 0 aromatic heterocycles. The molecule has 104 valence electrons. The highest BCUT2D eigenvalue weighted by Gasteiger charge is 2.56. The molecule has 0 saturated carbocycles. The van der Waals surface area contributed by atoms with Gasteiger partial charge < -0.3 is 5.11 Å². The molecule has 0 rings (SSSR count). The molecule has 1 N–H and O–H groups in total. The van der Waals surface area contributed by atoms with Crippen molar-refractivity contribution in [1.29, 1.82) is 0 Å². The lowest BCUT2D eigenvalue weighted by Gasteiger charge is -2.18. The fraction of sp³-hybridized carbons (Fsp3) is 0.900. The van der Waals surface area contributed by atoms with Crippen LogP contribution in [0.15, 0.2) is 0 Å². The highest BCUT2D eigenvalue weighted by atomic mass is 19.4. The van der Waals surface area contributed by atoms with E-state index in [9.17, 15) is 26.7 Å². The summed E-state index contributed by atoms with van der Waals surface area (Å²) in [5.41, 5.74) is 0. The predicted molar refractivity (Wildman–Crippen MR) is 53.1 cm³/mol. The van der Waals surface area contributed by atoms with Crippen molar-refractivity contribution in [2.24, 2.45) is 0 Å². The first kappa shape index (κ1) is 18.5. The Morgan fingerprint density at radius 3 is 1.71 bits per heavy atom. The van der Waals surface area contributed by atoms with E-state index in [4.69, 9.17) is 5.11 Å². The second-order valence-electron chi connectivity index (χ2n) is 3.41. The summed E-state index contributed by atoms with van der Waals surface area (Å²) in [5, 5.41) is 7.72. The molecule has 0 atom stereocenters. The molecule has 0 aliphatic carbocycles. The molecule has 0 spiro atoms. The number of aliphatic carboxylic acids is 1. The quantitative estimate of drug-likeness (QED) is 0.595. The van der Waals surface area contributed by atoms with E-state index in [-0.39, 0.29) is 12.8 Å². The van der Waals surface area contributed by atoms with Gasteiger partial charge >= 0.3 is 18.1 Å². The standard InChI is InChI=1S/C7H11F5.C3H6O2/c1-2-3-4-5-6(8,9)7(10,11)12;1-2-3(4)5/h2-5H2,1H3;2H2,1H3,(H,4,5). The molecule has 0 aliphatic heterocycles. The molecule has 0 saturated heterocycles. The number of halogens is 5. The van der Waals surface area contributed by atoms with Crippen molar-refractivity contribution in [3.8, 4) is 0 Å². The first-order valence-electron chi connectivity index (χ1n) is 5.24. The zero-order valence-corrected chi connectivity index (χ0v) is 9.78. The van der Waals surface area contributed by atoms with Gasteiger partial charge in [0.25, 0.3) is 0 Å². The molecule has 0 fully saturated rings. The minimum absolute atomic E-state index is 0.0803. The Labute approximate surface area is 96.8 Å². The maximum Gasteiger partial charge on any atom is 0.453 e. The largest absolute Gasteiger partial charge is 0.481 e. The summed E-state index contributed by atoms with van der Waals surface area (Å²) in [5.74, 6) is -5.26. The van der Waals surface area contributed by atoms with Crippen molar-refractivity contribution >= 4 is 5.97 Å². The van der Waals surface area contributed by atoms with E-state index in [1.165, 1.54) is 0 Å². The molecule has 7 heteroatoms. The van der Waals surface area contributed by atoms with E-state index < -0.39 is 24.5 Å². The van der Waals surface area contributed by atoms with Crippen LogP contribution in [0.5, 0.6) is 0 Å². The molecule has 0 aliphatic rings. The summed E-state index contributed by atoms with van der Waals surface area (Å²) in [6.45, 7) is 3.34. The molecule has 0 aromatic carbocycles. The first-order valence-corrected chi connectivity index (χ1v) is 5.24. The second-order valence-corrected chi connectivity index (χ2v) is 3.41. The van der Waals surface area contributed by atoms with E-state index in [2.05, 4.69) is 0 Å². The number of carboxylic acids is 1. The molecule has 0 amide bonds. The molecule has 0 heterocycles. The SMILES string of the molecule is CCC(=O)O.CCCCCC(F)(F)C(F)(F)F. The van der Waals surface area contributed by atoms with Crippen molar-refractivity contribution in [3.05, 3.63) is 0 Å². The van der Waals surface area contributed by atoms with Gasteiger partial charge in [-0.15, -0.1) is 0 Å². The molecule has 0 bridgehead atoms. The van der Waals surface area contributed by atoms with Crippen LogP contribution in [0.25, 0.3) is 0 Å². The number of rotatable bonds is 5. The zero-order valence-electron chi connectivity index (χ0n) is 9.78. The monoisotopic (exact) mass is 264 g/mol. The van der Waals surface area contributed by atoms with Crippen molar-refractivity contribution in [1.82, 2.24) is 0 Å². The molecular formula is C10H17F5O2. The van der Waals surface area contributed by atoms with Crippen LogP contribution in [-0.2, 0) is 4.79 Å². The van der Waals surface area contributed by atoms with Gasteiger partial charge in [-0.25, -0.2) is 0 Å². The summed E-state index contributed by atoms with van der Waals surface area (Å²) < 4.78 is 58.8. The molecule has 0 unspecified atom stereocenters. The maximum atomic E-state index is 12.1. The van der Waals surface area contributed by atoms with Gasteiger partial charge in [0.1, 0.15) is 0 Å². The van der Waals surface area contributed by atoms with Crippen molar-refractivity contribution in [2.45, 2.75) is 58.1 Å². The highest BCUT2D eigenvalue weighted by molar-refractivity contribution is 5.66. The number of hydrogen-bond acceptors (Lipinski definition) is 1. The Morgan fingerprint density at radius 1 is 1.06 bits per heavy atom. The minimum atomic E-state index is -5.39. The summed E-state index contributed by atoms with van der Waals surface area (Å²) in [7, 11) is 0. The van der Waals surface area contributed by atoms with Crippen molar-refractivity contribution in [2.75, 3.05) is 0 Å². The Kier molecular flexibility index (Phi) is 8.97. The molecule has 0 radical (unpaired) electrons. The molecule has 2 nitrogen and oxygen atoms in total. The van der Waals surface area contributed by atoms with Gasteiger partial charge in [-0.2, -0.15) is 22.0 Å². The van der Waals surface area contributed by atoms with Gasteiger partial charge in [-0.3, -0.25) is 4.79 Å². The lowest BCUT2D eigenvalue weighted by atomic mass is 10.1. The van der Waals surface area contributed by atoms with Gasteiger partial charge in [0, 0.05) is 12.8 Å². The highest BCUT2D eigenvalue weighted by Crippen LogP contribution is 2.39. The van der Waals surface area contributed by atoms with E-state index in [0.717, 1.165) is 0 Å². The normalized spacial score (nSPS) is 11.7. The third-order valence-electron chi connectivity index (χ3n) is 1.81. The first-order chi connectivity index (χ1) is 7.58. The Balaban J connectivity index is 0. The van der Waals surface area contributed by atoms with Crippen LogP contribution in [0.2, 0.25) is 0 Å². The smallest absolute Gasteiger partial charge is 0.453 e. The zero-order chi connectivity index (χ0) is 14.1. The van der Waals surface area contributed by atoms with Crippen LogP contribution in [0, 0.1) is 0 Å². The van der Waals surface area contributed by atoms with Crippen LogP contribution in [-0.4, -0.2) is 23.2 Å². The summed E-state index contributed by atoms with van der Waals surface area (Å²) in [6, 6.07) is 0. The fourth-order valence-corrected chi connectivity index (χ4v) is 0.739. The molecule has 17 heavy (non-hydrogen) atoms. The van der Waals surface area contributed by atoms with E-state index in [0.29, 0.717) is 12.8 Å². The van der Waals surface area contributed by atoms with Crippen LogP contribution in [0.1, 0.15) is 46.0 Å². The average molecular weight is 264 g/mol. The van der Waals surface area contributed by atoms with Gasteiger partial charge in [0.2, 0.25) is 0 Å². The van der Waals surface area contributed by atoms with Gasteiger partial charge in [0.15, 0.2) is 0 Å². The molecule has 0 aromatic rings. The average Bonchev–Trinajstić information content (AvgIpc) is 2.17. The number of unbranched alkanes of at least 4 members (excludes halogenated alkanes) is 2. The van der Waals surface area contributed by atoms with E-state index in [1.807, 2.05) is 0 Å². The number of carboxylic acid groups (broad SMARTS) is 1. The Hall–Kier alpha value is -0.880. The van der Waals surface area contributed by atoms with Crippen molar-refractivity contribution < 1.29 is 31.9 Å². The number of alkyl halides is 5. The summed E-state index contributed by atoms with van der Waals surface area (Å²) >= 11 is 0. The lowest BCUT2D eigenvalue weighted by Crippen LogP contribution is -2.36. The van der Waals surface area contributed by atoms with Gasteiger partial charge in [-0.05, 0) is 6.42 Å². The second kappa shape index (κ2) is 8.25. The van der Waals surface area contributed by atoms with E-state index in [1.54, 1.807) is 13.8 Å². The van der Waals surface area contributed by atoms with Crippen LogP contribution >= 0.6 is 0 Å². The van der Waals surface area contributed by atoms with Crippen molar-refractivity contribution in [3.63, 3.8) is 0 Å². The Bertz CT molecular complexity index is 213. The maximum absolute atomic E-state index is 12.1. The van der Waals surface area contributed by atoms with Gasteiger partial charge in [-0.1, -0.05) is 26.7 Å². The Morgan fingerprint density at radius 2 is 1.47 bits per heavy atom. The minimum Gasteiger partial charge on any atom is -0.481 e. The van der Waals surface area contributed by atoms with E-state index >= 15 is 0 Å². The van der Waals surface area contributed by atoms with Crippen LogP contribution in [0.4, 0.5) is 22.0 Å². The topological polar surface area (TPSA) is 37.3 Å². The predicted octanol–water partition coefficient (Wildman–Crippen LogP) is 4.25. The summed E-state index contributed by atoms with van der Waals surface area (Å²) in [4.78, 5) is 9.37. The number of carbonyl (C=O) groups is 1. The summed E-state index contributed by atoms with van der Waals surface area (Å²) in [6.07, 6.45) is -5.30. The molecular weight excluding hydrogens is 247 g/mol. The van der Waals surface area contributed by atoms with Gasteiger partial charge in [0.05, 0.1) is 0 Å². The third kappa shape index (κ3) is 10.0. The fourth-order valence-electron chi connectivity index (χ4n) is 0.739. The number of hydrogen-bond donors (Lipinski definition) is 1. The lowest BCUT2D eigenvalue weighted by molar-refractivity contribution is -0.284. The van der Waals surface area contributed by atoms with Crippen LogP contribution in [0.3, 0.4) is 0 Å². The van der Waals surface area contributed by atoms with Crippen LogP contribution < -0.4 is 0 Å².